The Bertz CT molecular complexity index is 609. The maximum absolute atomic E-state index is 12.8. The fraction of sp³-hybridized carbons (Fsp3) is 0. The van der Waals surface area contributed by atoms with Crippen LogP contribution >= 0.6 is 0 Å². The smallest absolute Gasteiger partial charge is 0.390 e. The summed E-state index contributed by atoms with van der Waals surface area (Å²) < 4.78 is 17.7. The lowest BCUT2D eigenvalue weighted by atomic mass is 10.2. The van der Waals surface area contributed by atoms with Crippen molar-refractivity contribution in [1.82, 2.24) is 0 Å². The van der Waals surface area contributed by atoms with E-state index in [4.69, 9.17) is 4.74 Å². The standard InChI is InChI=1S/C15H9FO2/c16-13-7-4-8-14(11-13)18-15(17)10-9-12-5-2-1-3-6-12/h1-8,11H. The van der Waals surface area contributed by atoms with E-state index >= 15 is 0 Å². The molecule has 0 aliphatic rings. The van der Waals surface area contributed by atoms with E-state index in [1.807, 2.05) is 18.2 Å². The first-order chi connectivity index (χ1) is 8.74. The highest BCUT2D eigenvalue weighted by Crippen LogP contribution is 2.11. The van der Waals surface area contributed by atoms with Gasteiger partial charge in [-0.15, -0.1) is 0 Å². The second-order valence-electron chi connectivity index (χ2n) is 3.46. The van der Waals surface area contributed by atoms with E-state index in [2.05, 4.69) is 11.8 Å². The maximum atomic E-state index is 12.8. The molecule has 2 aromatic rings. The molecule has 0 bridgehead atoms. The molecule has 0 fully saturated rings. The summed E-state index contributed by atoms with van der Waals surface area (Å²) in [5.74, 6) is 3.96. The van der Waals surface area contributed by atoms with Crippen molar-refractivity contribution in [1.29, 1.82) is 0 Å². The molecule has 0 spiro atoms. The van der Waals surface area contributed by atoms with Gasteiger partial charge in [0.1, 0.15) is 11.6 Å². The molecule has 2 aromatic carbocycles. The van der Waals surface area contributed by atoms with Gasteiger partial charge < -0.3 is 4.74 Å². The number of hydrogen-bond acceptors (Lipinski definition) is 2. The average molecular weight is 240 g/mol. The highest BCUT2D eigenvalue weighted by atomic mass is 19.1. The average Bonchev–Trinajstić information content (AvgIpc) is 2.38. The van der Waals surface area contributed by atoms with E-state index in [1.165, 1.54) is 18.2 Å². The molecule has 0 unspecified atom stereocenters. The van der Waals surface area contributed by atoms with E-state index in [9.17, 15) is 9.18 Å². The third-order valence-electron chi connectivity index (χ3n) is 2.09. The first kappa shape index (κ1) is 11.9. The van der Waals surface area contributed by atoms with Crippen molar-refractivity contribution < 1.29 is 13.9 Å². The molecule has 0 saturated heterocycles. The number of hydrogen-bond donors (Lipinski definition) is 0. The molecule has 0 heterocycles. The van der Waals surface area contributed by atoms with E-state index in [1.54, 1.807) is 12.1 Å². The molecule has 0 amide bonds. The molecule has 0 atom stereocenters. The van der Waals surface area contributed by atoms with Crippen molar-refractivity contribution in [2.24, 2.45) is 0 Å². The fourth-order valence-electron chi connectivity index (χ4n) is 1.31. The fourth-order valence-corrected chi connectivity index (χ4v) is 1.31. The topological polar surface area (TPSA) is 26.3 Å². The van der Waals surface area contributed by atoms with E-state index < -0.39 is 11.8 Å². The Hall–Kier alpha value is -2.60. The molecular weight excluding hydrogens is 231 g/mol. The van der Waals surface area contributed by atoms with E-state index in [-0.39, 0.29) is 5.75 Å². The number of rotatable bonds is 1. The van der Waals surface area contributed by atoms with Crippen LogP contribution < -0.4 is 4.74 Å². The van der Waals surface area contributed by atoms with Crippen molar-refractivity contribution in [3.05, 3.63) is 66.0 Å². The Kier molecular flexibility index (Phi) is 3.72. The predicted octanol–water partition coefficient (Wildman–Crippen LogP) is 2.78. The summed E-state index contributed by atoms with van der Waals surface area (Å²) in [4.78, 5) is 11.4. The second kappa shape index (κ2) is 5.65. The van der Waals surface area contributed by atoms with Gasteiger partial charge in [-0.2, -0.15) is 0 Å². The van der Waals surface area contributed by atoms with Gasteiger partial charge in [-0.1, -0.05) is 30.2 Å². The van der Waals surface area contributed by atoms with Crippen molar-refractivity contribution in [2.75, 3.05) is 0 Å². The first-order valence-corrected chi connectivity index (χ1v) is 5.28. The summed E-state index contributed by atoms with van der Waals surface area (Å²) in [6.07, 6.45) is 0. The Labute approximate surface area is 104 Å². The maximum Gasteiger partial charge on any atom is 0.390 e. The minimum Gasteiger partial charge on any atom is -0.417 e. The minimum atomic E-state index is -0.718. The van der Waals surface area contributed by atoms with Gasteiger partial charge in [0.05, 0.1) is 0 Å². The van der Waals surface area contributed by atoms with E-state index in [0.717, 1.165) is 6.07 Å². The molecule has 0 aromatic heterocycles. The van der Waals surface area contributed by atoms with Gasteiger partial charge in [0.15, 0.2) is 0 Å². The Morgan fingerprint density at radius 1 is 1.06 bits per heavy atom. The highest BCUT2D eigenvalue weighted by molar-refractivity contribution is 5.90. The third kappa shape index (κ3) is 3.46. The highest BCUT2D eigenvalue weighted by Gasteiger charge is 2.01. The Morgan fingerprint density at radius 3 is 2.56 bits per heavy atom. The summed E-state index contributed by atoms with van der Waals surface area (Å²) in [5.41, 5.74) is 0.716. The minimum absolute atomic E-state index is 0.141. The molecule has 88 valence electrons. The molecule has 0 radical (unpaired) electrons. The van der Waals surface area contributed by atoms with Crippen molar-refractivity contribution in [3.63, 3.8) is 0 Å². The van der Waals surface area contributed by atoms with Gasteiger partial charge in [-0.3, -0.25) is 0 Å². The van der Waals surface area contributed by atoms with Crippen LogP contribution in [0.25, 0.3) is 0 Å². The molecular formula is C15H9FO2. The van der Waals surface area contributed by atoms with Crippen LogP contribution in [-0.4, -0.2) is 5.97 Å². The number of esters is 1. The Balaban J connectivity index is 2.04. The molecule has 0 N–H and O–H groups in total. The van der Waals surface area contributed by atoms with Crippen LogP contribution in [0.5, 0.6) is 5.75 Å². The van der Waals surface area contributed by atoms with Crippen molar-refractivity contribution >= 4 is 5.97 Å². The number of carbonyl (C=O) groups is 1. The molecule has 0 saturated carbocycles. The predicted molar refractivity (Wildman–Crippen MR) is 65.4 cm³/mol. The lowest BCUT2D eigenvalue weighted by Crippen LogP contribution is -2.04. The molecule has 0 aliphatic carbocycles. The zero-order chi connectivity index (χ0) is 12.8. The summed E-state index contributed by atoms with van der Waals surface area (Å²) in [7, 11) is 0. The second-order valence-corrected chi connectivity index (χ2v) is 3.46. The first-order valence-electron chi connectivity index (χ1n) is 5.28. The van der Waals surface area contributed by atoms with Gasteiger partial charge in [-0.05, 0) is 24.3 Å². The third-order valence-corrected chi connectivity index (χ3v) is 2.09. The van der Waals surface area contributed by atoms with Crippen LogP contribution in [0.15, 0.2) is 54.6 Å². The summed E-state index contributed by atoms with van der Waals surface area (Å²) >= 11 is 0. The molecule has 0 aliphatic heterocycles. The van der Waals surface area contributed by atoms with E-state index in [0.29, 0.717) is 5.56 Å². The molecule has 2 rings (SSSR count). The molecule has 18 heavy (non-hydrogen) atoms. The zero-order valence-corrected chi connectivity index (χ0v) is 9.39. The van der Waals surface area contributed by atoms with Crippen LogP contribution in [0.1, 0.15) is 5.56 Å². The van der Waals surface area contributed by atoms with Crippen LogP contribution in [-0.2, 0) is 4.79 Å². The molecule has 2 nitrogen and oxygen atoms in total. The number of benzene rings is 2. The summed E-state index contributed by atoms with van der Waals surface area (Å²) in [6, 6.07) is 14.4. The monoisotopic (exact) mass is 240 g/mol. The van der Waals surface area contributed by atoms with Gasteiger partial charge >= 0.3 is 5.97 Å². The van der Waals surface area contributed by atoms with Crippen LogP contribution in [0, 0.1) is 17.7 Å². The summed E-state index contributed by atoms with van der Waals surface area (Å²) in [5, 5.41) is 0. The summed E-state index contributed by atoms with van der Waals surface area (Å²) in [6.45, 7) is 0. The largest absolute Gasteiger partial charge is 0.417 e. The number of ether oxygens (including phenoxy) is 1. The lowest BCUT2D eigenvalue weighted by Gasteiger charge is -1.98. The normalized spacial score (nSPS) is 9.17. The Morgan fingerprint density at radius 2 is 1.83 bits per heavy atom. The van der Waals surface area contributed by atoms with Gasteiger partial charge in [-0.25, -0.2) is 9.18 Å². The van der Waals surface area contributed by atoms with Gasteiger partial charge in [0.2, 0.25) is 0 Å². The zero-order valence-electron chi connectivity index (χ0n) is 9.39. The molecule has 3 heteroatoms. The number of carbonyl (C=O) groups excluding carboxylic acids is 1. The van der Waals surface area contributed by atoms with Crippen molar-refractivity contribution in [3.8, 4) is 17.6 Å². The van der Waals surface area contributed by atoms with Crippen LogP contribution in [0.4, 0.5) is 4.39 Å². The number of halogens is 1. The van der Waals surface area contributed by atoms with Gasteiger partial charge in [0, 0.05) is 17.6 Å². The van der Waals surface area contributed by atoms with Gasteiger partial charge in [0.25, 0.3) is 0 Å². The SMILES string of the molecule is O=C(C#Cc1ccccc1)Oc1cccc(F)c1. The van der Waals surface area contributed by atoms with Crippen LogP contribution in [0.2, 0.25) is 0 Å². The quantitative estimate of drug-likeness (QED) is 0.435. The van der Waals surface area contributed by atoms with Crippen LogP contribution in [0.3, 0.4) is 0 Å². The lowest BCUT2D eigenvalue weighted by molar-refractivity contribution is -0.128. The van der Waals surface area contributed by atoms with Crippen molar-refractivity contribution in [2.45, 2.75) is 0 Å².